The molecule has 0 atom stereocenters. The molecule has 1 aliphatic carbocycles. The van der Waals surface area contributed by atoms with Crippen LogP contribution in [0.25, 0.3) is 11.1 Å². The third-order valence-electron chi connectivity index (χ3n) is 5.74. The zero-order valence-electron chi connectivity index (χ0n) is 18.1. The summed E-state index contributed by atoms with van der Waals surface area (Å²) in [5, 5.41) is 6.45. The van der Waals surface area contributed by atoms with Crippen molar-refractivity contribution in [1.29, 1.82) is 0 Å². The van der Waals surface area contributed by atoms with Gasteiger partial charge in [0.1, 0.15) is 11.5 Å². The molecular formula is C24H33ClN2O3. The Morgan fingerprint density at radius 1 is 1.03 bits per heavy atom. The van der Waals surface area contributed by atoms with E-state index in [4.69, 9.17) is 9.47 Å². The van der Waals surface area contributed by atoms with Gasteiger partial charge in [0.2, 0.25) is 5.91 Å². The van der Waals surface area contributed by atoms with Crippen molar-refractivity contribution in [3.05, 3.63) is 48.0 Å². The molecule has 1 saturated carbocycles. The predicted octanol–water partition coefficient (Wildman–Crippen LogP) is 4.58. The third-order valence-corrected chi connectivity index (χ3v) is 5.74. The smallest absolute Gasteiger partial charge is 0.223 e. The molecule has 1 aliphatic rings. The molecule has 0 radical (unpaired) electrons. The molecule has 6 heteroatoms. The molecule has 2 N–H and O–H groups in total. The second kappa shape index (κ2) is 11.8. The molecule has 0 heterocycles. The number of carbonyl (C=O) groups is 1. The molecule has 0 bridgehead atoms. The van der Waals surface area contributed by atoms with Crippen LogP contribution in [0, 0.1) is 5.92 Å². The zero-order chi connectivity index (χ0) is 20.6. The summed E-state index contributed by atoms with van der Waals surface area (Å²) in [6.07, 6.45) is 4.01. The number of hydrogen-bond donors (Lipinski definition) is 2. The van der Waals surface area contributed by atoms with Crippen LogP contribution in [0.1, 0.15) is 38.2 Å². The topological polar surface area (TPSA) is 59.6 Å². The first-order chi connectivity index (χ1) is 14.1. The first-order valence-electron chi connectivity index (χ1n) is 10.5. The number of amides is 1. The second-order valence-corrected chi connectivity index (χ2v) is 7.54. The van der Waals surface area contributed by atoms with Crippen molar-refractivity contribution in [3.63, 3.8) is 0 Å². The first kappa shape index (κ1) is 24.0. The van der Waals surface area contributed by atoms with E-state index in [1.807, 2.05) is 44.3 Å². The van der Waals surface area contributed by atoms with Crippen molar-refractivity contribution in [1.82, 2.24) is 10.6 Å². The highest BCUT2D eigenvalue weighted by atomic mass is 35.5. The highest BCUT2D eigenvalue weighted by Crippen LogP contribution is 2.29. The Bertz CT molecular complexity index is 803. The van der Waals surface area contributed by atoms with Crippen LogP contribution in [0.4, 0.5) is 0 Å². The fourth-order valence-corrected chi connectivity index (χ4v) is 3.95. The van der Waals surface area contributed by atoms with Crippen molar-refractivity contribution in [3.8, 4) is 22.6 Å². The number of halogens is 1. The Labute approximate surface area is 186 Å². The van der Waals surface area contributed by atoms with E-state index in [1.165, 1.54) is 0 Å². The Balaban J connectivity index is 0.00000320. The number of hydrogen-bond acceptors (Lipinski definition) is 4. The van der Waals surface area contributed by atoms with Crippen molar-refractivity contribution in [2.24, 2.45) is 5.92 Å². The van der Waals surface area contributed by atoms with Gasteiger partial charge in [-0.25, -0.2) is 0 Å². The van der Waals surface area contributed by atoms with Crippen LogP contribution in [0.5, 0.6) is 11.5 Å². The van der Waals surface area contributed by atoms with E-state index in [0.29, 0.717) is 19.2 Å². The van der Waals surface area contributed by atoms with E-state index in [9.17, 15) is 4.79 Å². The molecule has 1 fully saturated rings. The summed E-state index contributed by atoms with van der Waals surface area (Å²) in [6, 6.07) is 14.7. The summed E-state index contributed by atoms with van der Waals surface area (Å²) in [5.41, 5.74) is 3.19. The van der Waals surface area contributed by atoms with E-state index in [1.54, 1.807) is 7.11 Å². The van der Waals surface area contributed by atoms with Gasteiger partial charge in [0, 0.05) is 24.1 Å². The number of rotatable bonds is 8. The van der Waals surface area contributed by atoms with E-state index in [2.05, 4.69) is 22.8 Å². The molecule has 164 valence electrons. The Hall–Kier alpha value is -2.24. The molecule has 0 spiro atoms. The van der Waals surface area contributed by atoms with E-state index >= 15 is 0 Å². The molecule has 0 saturated heterocycles. The molecule has 1 amide bonds. The van der Waals surface area contributed by atoms with Gasteiger partial charge < -0.3 is 20.1 Å². The van der Waals surface area contributed by atoms with Crippen molar-refractivity contribution >= 4 is 18.3 Å². The minimum absolute atomic E-state index is 0. The Kier molecular flexibility index (Phi) is 9.47. The number of ether oxygens (including phenoxy) is 2. The average Bonchev–Trinajstić information content (AvgIpc) is 2.78. The summed E-state index contributed by atoms with van der Waals surface area (Å²) in [7, 11) is 3.66. The van der Waals surface area contributed by atoms with Gasteiger partial charge in [-0.15, -0.1) is 12.4 Å². The SMILES string of the molecule is CCOc1ccc(-c2ccc(OC)cc2)cc1CNC(=O)C1CCC(NC)CC1.Cl. The molecule has 2 aromatic rings. The van der Waals surface area contributed by atoms with E-state index in [-0.39, 0.29) is 24.2 Å². The average molecular weight is 433 g/mol. The maximum absolute atomic E-state index is 12.7. The lowest BCUT2D eigenvalue weighted by atomic mass is 9.85. The van der Waals surface area contributed by atoms with Gasteiger partial charge in [0.05, 0.1) is 13.7 Å². The molecular weight excluding hydrogens is 400 g/mol. The number of methoxy groups -OCH3 is 1. The minimum Gasteiger partial charge on any atom is -0.497 e. The van der Waals surface area contributed by atoms with Gasteiger partial charge in [-0.2, -0.15) is 0 Å². The van der Waals surface area contributed by atoms with Gasteiger partial charge in [-0.3, -0.25) is 4.79 Å². The van der Waals surface area contributed by atoms with Crippen LogP contribution in [-0.2, 0) is 11.3 Å². The van der Waals surface area contributed by atoms with E-state index < -0.39 is 0 Å². The standard InChI is InChI=1S/C24H32N2O3.ClH/c1-4-29-23-14-9-19(17-7-12-22(28-3)13-8-17)15-20(23)16-26-24(27)18-5-10-21(25-2)11-6-18;/h7-9,12-15,18,21,25H,4-6,10-11,16H2,1-3H3,(H,26,27);1H. The lowest BCUT2D eigenvalue weighted by Gasteiger charge is -2.27. The number of carbonyl (C=O) groups excluding carboxylic acids is 1. The van der Waals surface area contributed by atoms with Crippen molar-refractivity contribution in [2.75, 3.05) is 20.8 Å². The van der Waals surface area contributed by atoms with Crippen LogP contribution in [0.3, 0.4) is 0 Å². The molecule has 30 heavy (non-hydrogen) atoms. The summed E-state index contributed by atoms with van der Waals surface area (Å²) >= 11 is 0. The number of nitrogens with one attached hydrogen (secondary N) is 2. The van der Waals surface area contributed by atoms with Crippen molar-refractivity contribution in [2.45, 2.75) is 45.2 Å². The maximum atomic E-state index is 12.7. The quantitative estimate of drug-likeness (QED) is 0.641. The molecule has 2 aromatic carbocycles. The van der Waals surface area contributed by atoms with E-state index in [0.717, 1.165) is 53.9 Å². The van der Waals surface area contributed by atoms with Crippen LogP contribution in [0.15, 0.2) is 42.5 Å². The third kappa shape index (κ3) is 6.13. The molecule has 5 nitrogen and oxygen atoms in total. The molecule has 3 rings (SSSR count). The van der Waals surface area contributed by atoms with Crippen molar-refractivity contribution < 1.29 is 14.3 Å². The van der Waals surface area contributed by atoms with Gasteiger partial charge in [0.25, 0.3) is 0 Å². The zero-order valence-corrected chi connectivity index (χ0v) is 18.9. The largest absolute Gasteiger partial charge is 0.497 e. The summed E-state index contributed by atoms with van der Waals surface area (Å²) in [4.78, 5) is 12.7. The minimum atomic E-state index is 0. The monoisotopic (exact) mass is 432 g/mol. The first-order valence-corrected chi connectivity index (χ1v) is 10.5. The van der Waals surface area contributed by atoms with Crippen LogP contribution in [-0.4, -0.2) is 32.7 Å². The normalized spacial score (nSPS) is 18.2. The highest BCUT2D eigenvalue weighted by Gasteiger charge is 2.25. The predicted molar refractivity (Wildman–Crippen MR) is 123 cm³/mol. The second-order valence-electron chi connectivity index (χ2n) is 7.54. The van der Waals surface area contributed by atoms with Gasteiger partial charge in [0.15, 0.2) is 0 Å². The lowest BCUT2D eigenvalue weighted by molar-refractivity contribution is -0.126. The summed E-state index contributed by atoms with van der Waals surface area (Å²) in [6.45, 7) is 3.04. The lowest BCUT2D eigenvalue weighted by Crippen LogP contribution is -2.37. The van der Waals surface area contributed by atoms with Gasteiger partial charge in [-0.05, 0) is 75.0 Å². The van der Waals surface area contributed by atoms with Gasteiger partial charge >= 0.3 is 0 Å². The molecule has 0 unspecified atom stereocenters. The van der Waals surface area contributed by atoms with Gasteiger partial charge in [-0.1, -0.05) is 18.2 Å². The fraction of sp³-hybridized carbons (Fsp3) is 0.458. The number of benzene rings is 2. The maximum Gasteiger partial charge on any atom is 0.223 e. The fourth-order valence-electron chi connectivity index (χ4n) is 3.95. The summed E-state index contributed by atoms with van der Waals surface area (Å²) < 4.78 is 11.0. The van der Waals surface area contributed by atoms with Crippen LogP contribution in [0.2, 0.25) is 0 Å². The highest BCUT2D eigenvalue weighted by molar-refractivity contribution is 5.85. The molecule has 0 aliphatic heterocycles. The summed E-state index contributed by atoms with van der Waals surface area (Å²) in [5.74, 6) is 1.92. The Morgan fingerprint density at radius 2 is 1.70 bits per heavy atom. The van der Waals surface area contributed by atoms with Crippen LogP contribution < -0.4 is 20.1 Å². The van der Waals surface area contributed by atoms with Crippen LogP contribution >= 0.6 is 12.4 Å². The molecule has 0 aromatic heterocycles. The Morgan fingerprint density at radius 3 is 2.30 bits per heavy atom.